The highest BCUT2D eigenvalue weighted by atomic mass is 16.5. The number of hydrogen-bond donors (Lipinski definition) is 1. The molecule has 4 heteroatoms. The lowest BCUT2D eigenvalue weighted by molar-refractivity contribution is -0.150. The first-order valence-corrected chi connectivity index (χ1v) is 9.47. The largest absolute Gasteiger partial charge is 0.481 e. The fourth-order valence-corrected chi connectivity index (χ4v) is 2.74. The van der Waals surface area contributed by atoms with E-state index in [0.29, 0.717) is 25.7 Å². The summed E-state index contributed by atoms with van der Waals surface area (Å²) < 4.78 is 5.52. The number of unbranched alkanes of at least 4 members (excludes halogenated alkanes) is 5. The number of carbonyl (C=O) groups is 2. The van der Waals surface area contributed by atoms with Gasteiger partial charge in [-0.25, -0.2) is 0 Å². The van der Waals surface area contributed by atoms with Crippen LogP contribution >= 0.6 is 0 Å². The first-order valence-electron chi connectivity index (χ1n) is 9.47. The van der Waals surface area contributed by atoms with Crippen LogP contribution in [0.2, 0.25) is 0 Å². The van der Waals surface area contributed by atoms with Gasteiger partial charge in [0.05, 0.1) is 5.92 Å². The van der Waals surface area contributed by atoms with Gasteiger partial charge in [0.25, 0.3) is 0 Å². The van der Waals surface area contributed by atoms with Gasteiger partial charge in [0, 0.05) is 6.42 Å². The van der Waals surface area contributed by atoms with Gasteiger partial charge in [-0.15, -0.1) is 0 Å². The summed E-state index contributed by atoms with van der Waals surface area (Å²) in [4.78, 5) is 22.8. The summed E-state index contributed by atoms with van der Waals surface area (Å²) in [6, 6.07) is 0. The van der Waals surface area contributed by atoms with E-state index in [4.69, 9.17) is 9.84 Å². The Kier molecular flexibility index (Phi) is 13.9. The van der Waals surface area contributed by atoms with Crippen molar-refractivity contribution in [1.29, 1.82) is 0 Å². The fraction of sp³-hybridized carbons (Fsp3) is 0.895. The molecule has 4 nitrogen and oxygen atoms in total. The van der Waals surface area contributed by atoms with Crippen LogP contribution in [0.1, 0.15) is 97.8 Å². The molecule has 0 rings (SSSR count). The lowest BCUT2D eigenvalue weighted by atomic mass is 9.99. The van der Waals surface area contributed by atoms with Crippen molar-refractivity contribution >= 4 is 11.9 Å². The number of carbonyl (C=O) groups excluding carboxylic acids is 1. The van der Waals surface area contributed by atoms with E-state index in [1.807, 2.05) is 13.8 Å². The maximum Gasteiger partial charge on any atom is 0.306 e. The van der Waals surface area contributed by atoms with Crippen LogP contribution in [0.3, 0.4) is 0 Å². The summed E-state index contributed by atoms with van der Waals surface area (Å²) in [5, 5.41) is 8.98. The molecular weight excluding hydrogens is 292 g/mol. The molecule has 0 amide bonds. The van der Waals surface area contributed by atoms with Crippen molar-refractivity contribution in [2.75, 3.05) is 0 Å². The summed E-state index contributed by atoms with van der Waals surface area (Å²) in [6.07, 6.45) is 11.4. The highest BCUT2D eigenvalue weighted by Gasteiger charge is 2.17. The zero-order valence-corrected chi connectivity index (χ0v) is 15.3. The molecule has 0 fully saturated rings. The van der Waals surface area contributed by atoms with Crippen molar-refractivity contribution in [2.45, 2.75) is 104 Å². The predicted octanol–water partition coefficient (Wildman–Crippen LogP) is 5.34. The molecular formula is C19H36O4. The van der Waals surface area contributed by atoms with Crippen LogP contribution < -0.4 is 0 Å². The van der Waals surface area contributed by atoms with Gasteiger partial charge in [-0.05, 0) is 38.5 Å². The first-order chi connectivity index (χ1) is 11.0. The highest BCUT2D eigenvalue weighted by Crippen LogP contribution is 2.16. The van der Waals surface area contributed by atoms with Gasteiger partial charge >= 0.3 is 11.9 Å². The average Bonchev–Trinajstić information content (AvgIpc) is 2.53. The smallest absolute Gasteiger partial charge is 0.306 e. The van der Waals surface area contributed by atoms with E-state index in [1.54, 1.807) is 0 Å². The van der Waals surface area contributed by atoms with Gasteiger partial charge in [0.2, 0.25) is 0 Å². The maximum absolute atomic E-state index is 11.9. The summed E-state index contributed by atoms with van der Waals surface area (Å²) in [7, 11) is 0. The monoisotopic (exact) mass is 328 g/mol. The van der Waals surface area contributed by atoms with Crippen molar-refractivity contribution < 1.29 is 19.4 Å². The molecule has 0 spiro atoms. The van der Waals surface area contributed by atoms with Crippen molar-refractivity contribution in [3.63, 3.8) is 0 Å². The molecule has 2 atom stereocenters. The molecule has 0 aromatic rings. The molecule has 0 bridgehead atoms. The molecule has 0 aromatic carbocycles. The lowest BCUT2D eigenvalue weighted by Gasteiger charge is -2.16. The molecule has 0 aromatic heterocycles. The molecule has 1 N–H and O–H groups in total. The van der Waals surface area contributed by atoms with Crippen LogP contribution in [0.15, 0.2) is 0 Å². The van der Waals surface area contributed by atoms with Gasteiger partial charge in [0.15, 0.2) is 0 Å². The molecule has 0 aliphatic carbocycles. The third-order valence-electron chi connectivity index (χ3n) is 4.41. The summed E-state index contributed by atoms with van der Waals surface area (Å²) in [5.41, 5.74) is 0. The van der Waals surface area contributed by atoms with Crippen LogP contribution in [-0.4, -0.2) is 23.1 Å². The Bertz CT molecular complexity index is 314. The van der Waals surface area contributed by atoms with Gasteiger partial charge in [-0.2, -0.15) is 0 Å². The minimum atomic E-state index is -0.768. The van der Waals surface area contributed by atoms with Gasteiger partial charge in [-0.1, -0.05) is 52.9 Å². The molecule has 23 heavy (non-hydrogen) atoms. The molecule has 0 radical (unpaired) electrons. The molecule has 136 valence electrons. The Labute approximate surface area is 142 Å². The highest BCUT2D eigenvalue weighted by molar-refractivity contribution is 5.71. The number of ether oxygens (including phenoxy) is 1. The Morgan fingerprint density at radius 2 is 1.52 bits per heavy atom. The third-order valence-corrected chi connectivity index (χ3v) is 4.41. The van der Waals surface area contributed by atoms with Crippen LogP contribution in [0, 0.1) is 5.92 Å². The SMILES string of the molecule is CCCCCCCCC(CC)OC(=O)CCCC(CC)C(=O)O. The standard InChI is InChI=1S/C19H36O4/c1-4-7-8-9-10-11-14-17(6-3)23-18(20)15-12-13-16(5-2)19(21)22/h16-17H,4-15H2,1-3H3,(H,21,22). The summed E-state index contributed by atoms with van der Waals surface area (Å²) in [6.45, 7) is 6.13. The average molecular weight is 328 g/mol. The van der Waals surface area contributed by atoms with Crippen LogP contribution in [0.5, 0.6) is 0 Å². The second-order valence-electron chi connectivity index (χ2n) is 6.41. The summed E-state index contributed by atoms with van der Waals surface area (Å²) >= 11 is 0. The number of hydrogen-bond acceptors (Lipinski definition) is 3. The predicted molar refractivity (Wildman–Crippen MR) is 93.4 cm³/mol. The van der Waals surface area contributed by atoms with E-state index in [-0.39, 0.29) is 18.0 Å². The first kappa shape index (κ1) is 21.9. The number of rotatable bonds is 15. The van der Waals surface area contributed by atoms with Crippen molar-refractivity contribution in [3.05, 3.63) is 0 Å². The van der Waals surface area contributed by atoms with E-state index in [0.717, 1.165) is 19.3 Å². The minimum absolute atomic E-state index is 0.0233. The van der Waals surface area contributed by atoms with E-state index in [2.05, 4.69) is 6.92 Å². The number of carboxylic acids is 1. The molecule has 0 aliphatic rings. The Hall–Kier alpha value is -1.06. The lowest BCUT2D eigenvalue weighted by Crippen LogP contribution is -2.18. The zero-order valence-electron chi connectivity index (χ0n) is 15.3. The van der Waals surface area contributed by atoms with E-state index >= 15 is 0 Å². The minimum Gasteiger partial charge on any atom is -0.481 e. The molecule has 0 heterocycles. The number of esters is 1. The zero-order chi connectivity index (χ0) is 17.5. The van der Waals surface area contributed by atoms with Crippen LogP contribution in [-0.2, 0) is 14.3 Å². The molecule has 0 saturated carbocycles. The van der Waals surface area contributed by atoms with Crippen molar-refractivity contribution in [3.8, 4) is 0 Å². The van der Waals surface area contributed by atoms with Gasteiger partial charge < -0.3 is 9.84 Å². The molecule has 0 saturated heterocycles. The van der Waals surface area contributed by atoms with Crippen molar-refractivity contribution in [2.24, 2.45) is 5.92 Å². The topological polar surface area (TPSA) is 63.6 Å². The molecule has 2 unspecified atom stereocenters. The van der Waals surface area contributed by atoms with Gasteiger partial charge in [0.1, 0.15) is 6.10 Å². The Morgan fingerprint density at radius 1 is 0.870 bits per heavy atom. The van der Waals surface area contributed by atoms with E-state index in [9.17, 15) is 9.59 Å². The number of carboxylic acid groups (broad SMARTS) is 1. The second kappa shape index (κ2) is 14.5. The van der Waals surface area contributed by atoms with Crippen LogP contribution in [0.4, 0.5) is 0 Å². The van der Waals surface area contributed by atoms with Crippen LogP contribution in [0.25, 0.3) is 0 Å². The maximum atomic E-state index is 11.9. The van der Waals surface area contributed by atoms with Crippen molar-refractivity contribution in [1.82, 2.24) is 0 Å². The quantitative estimate of drug-likeness (QED) is 0.325. The Balaban J connectivity index is 3.81. The Morgan fingerprint density at radius 3 is 2.09 bits per heavy atom. The fourth-order valence-electron chi connectivity index (χ4n) is 2.74. The van der Waals surface area contributed by atoms with E-state index < -0.39 is 5.97 Å². The number of aliphatic carboxylic acids is 1. The normalized spacial score (nSPS) is 13.5. The third kappa shape index (κ3) is 12.1. The second-order valence-corrected chi connectivity index (χ2v) is 6.41. The summed E-state index contributed by atoms with van der Waals surface area (Å²) in [5.74, 6) is -1.29. The van der Waals surface area contributed by atoms with Gasteiger partial charge in [-0.3, -0.25) is 9.59 Å². The molecule has 0 aliphatic heterocycles. The van der Waals surface area contributed by atoms with E-state index in [1.165, 1.54) is 32.1 Å².